The van der Waals surface area contributed by atoms with Gasteiger partial charge in [0.2, 0.25) is 0 Å². The molecule has 3 N–H and O–H groups in total. The lowest BCUT2D eigenvalue weighted by molar-refractivity contribution is -0.118. The van der Waals surface area contributed by atoms with Gasteiger partial charge in [0, 0.05) is 12.3 Å². The van der Waals surface area contributed by atoms with Gasteiger partial charge >= 0.3 is 0 Å². The second-order valence-electron chi connectivity index (χ2n) is 4.20. The maximum Gasteiger partial charge on any atom is 0.265 e. The van der Waals surface area contributed by atoms with Crippen LogP contribution < -0.4 is 14.8 Å². The topological polar surface area (TPSA) is 113 Å². The van der Waals surface area contributed by atoms with Crippen molar-refractivity contribution in [2.24, 2.45) is 0 Å². The molecule has 2 aromatic rings. The van der Waals surface area contributed by atoms with E-state index >= 15 is 0 Å². The van der Waals surface area contributed by atoms with Gasteiger partial charge in [-0.2, -0.15) is 5.10 Å². The largest absolute Gasteiger partial charge is 0.482 e. The summed E-state index contributed by atoms with van der Waals surface area (Å²) in [5.41, 5.74) is 0.537. The van der Waals surface area contributed by atoms with Crippen LogP contribution in [0, 0.1) is 0 Å². The molecule has 3 rings (SSSR count). The van der Waals surface area contributed by atoms with E-state index in [1.165, 1.54) is 24.5 Å². The number of carbonyl (C=O) groups is 1. The number of hydrogen-bond acceptors (Lipinski definition) is 5. The van der Waals surface area contributed by atoms with E-state index in [0.29, 0.717) is 11.4 Å². The van der Waals surface area contributed by atoms with Crippen molar-refractivity contribution >= 4 is 38.9 Å². The summed E-state index contributed by atoms with van der Waals surface area (Å²) in [5, 5.41) is 8.71. The molecule has 0 aliphatic carbocycles. The molecule has 110 valence electrons. The van der Waals surface area contributed by atoms with E-state index in [0.717, 1.165) is 0 Å². The van der Waals surface area contributed by atoms with E-state index in [1.807, 2.05) is 0 Å². The van der Waals surface area contributed by atoms with Crippen LogP contribution in [-0.2, 0) is 14.8 Å². The van der Waals surface area contributed by atoms with Crippen molar-refractivity contribution in [2.45, 2.75) is 4.90 Å². The second kappa shape index (κ2) is 4.93. The molecule has 0 saturated carbocycles. The molecule has 0 spiro atoms. The first-order chi connectivity index (χ1) is 9.95. The predicted octanol–water partition coefficient (Wildman–Crippen LogP) is 1.19. The van der Waals surface area contributed by atoms with Gasteiger partial charge in [0.1, 0.15) is 10.6 Å². The number of benzene rings is 1. The van der Waals surface area contributed by atoms with Gasteiger partial charge in [-0.15, -0.1) is 0 Å². The van der Waals surface area contributed by atoms with E-state index < -0.39 is 10.0 Å². The number of aromatic nitrogens is 2. The lowest BCUT2D eigenvalue weighted by Gasteiger charge is -2.19. The molecule has 0 saturated heterocycles. The molecular weight excluding hydrogens is 320 g/mol. The number of amides is 1. The maximum atomic E-state index is 12.1. The highest BCUT2D eigenvalue weighted by Crippen LogP contribution is 2.37. The van der Waals surface area contributed by atoms with Gasteiger partial charge in [0.05, 0.1) is 22.6 Å². The van der Waals surface area contributed by atoms with Crippen molar-refractivity contribution in [1.29, 1.82) is 0 Å². The van der Waals surface area contributed by atoms with Crippen LogP contribution in [0.15, 0.2) is 29.4 Å². The van der Waals surface area contributed by atoms with Crippen molar-refractivity contribution in [3.05, 3.63) is 29.5 Å². The minimum absolute atomic E-state index is 0.0227. The number of hydrogen-bond donors (Lipinski definition) is 3. The van der Waals surface area contributed by atoms with Crippen molar-refractivity contribution < 1.29 is 17.9 Å². The Hall–Kier alpha value is -2.26. The Morgan fingerprint density at radius 2 is 2.19 bits per heavy atom. The Bertz CT molecular complexity index is 804. The molecule has 1 aromatic carbocycles. The van der Waals surface area contributed by atoms with Crippen molar-refractivity contribution in [2.75, 3.05) is 16.6 Å². The number of nitrogens with one attached hydrogen (secondary N) is 3. The van der Waals surface area contributed by atoms with Gasteiger partial charge in [0.15, 0.2) is 6.61 Å². The number of anilines is 2. The number of halogens is 1. The molecule has 0 bridgehead atoms. The molecule has 2 heterocycles. The third-order valence-electron chi connectivity index (χ3n) is 2.73. The molecule has 1 aliphatic rings. The van der Waals surface area contributed by atoms with Crippen LogP contribution in [0.25, 0.3) is 0 Å². The van der Waals surface area contributed by atoms with Crippen LogP contribution in [0.3, 0.4) is 0 Å². The summed E-state index contributed by atoms with van der Waals surface area (Å²) >= 11 is 6.02. The summed E-state index contributed by atoms with van der Waals surface area (Å²) in [4.78, 5) is 11.2. The monoisotopic (exact) mass is 328 g/mol. The Kier molecular flexibility index (Phi) is 3.22. The average molecular weight is 329 g/mol. The molecule has 1 aliphatic heterocycles. The lowest BCUT2D eigenvalue weighted by Crippen LogP contribution is -2.25. The molecule has 0 fully saturated rings. The maximum absolute atomic E-state index is 12.1. The summed E-state index contributed by atoms with van der Waals surface area (Å²) in [7, 11) is -3.80. The van der Waals surface area contributed by atoms with Crippen LogP contribution in [0.1, 0.15) is 0 Å². The summed E-state index contributed by atoms with van der Waals surface area (Å²) in [6.07, 6.45) is 2.41. The second-order valence-corrected chi connectivity index (χ2v) is 6.29. The minimum atomic E-state index is -3.80. The van der Waals surface area contributed by atoms with Crippen molar-refractivity contribution in [3.63, 3.8) is 0 Å². The van der Waals surface area contributed by atoms with Crippen LogP contribution in [0.5, 0.6) is 5.75 Å². The van der Waals surface area contributed by atoms with Crippen molar-refractivity contribution in [1.82, 2.24) is 10.2 Å². The van der Waals surface area contributed by atoms with E-state index in [1.54, 1.807) is 0 Å². The summed E-state index contributed by atoms with van der Waals surface area (Å²) < 4.78 is 31.7. The summed E-state index contributed by atoms with van der Waals surface area (Å²) in [5.74, 6) is 0.0363. The number of H-pyrrole nitrogens is 1. The standard InChI is InChI=1S/C11H9ClN4O4S/c12-7-1-9-10(20-5-11(17)15-9)2-8(7)16-21(18,19)6-3-13-14-4-6/h1-4,16H,5H2,(H,13,14)(H,15,17). The third-order valence-corrected chi connectivity index (χ3v) is 4.38. The smallest absolute Gasteiger partial charge is 0.265 e. The minimum Gasteiger partial charge on any atom is -0.482 e. The fourth-order valence-corrected chi connectivity index (χ4v) is 3.01. The zero-order valence-electron chi connectivity index (χ0n) is 10.4. The normalized spacial score (nSPS) is 14.0. The van der Waals surface area contributed by atoms with Crippen LogP contribution >= 0.6 is 11.6 Å². The fraction of sp³-hybridized carbons (Fsp3) is 0.0909. The quantitative estimate of drug-likeness (QED) is 0.783. The zero-order chi connectivity index (χ0) is 15.0. The zero-order valence-corrected chi connectivity index (χ0v) is 12.0. The lowest BCUT2D eigenvalue weighted by atomic mass is 10.2. The van der Waals surface area contributed by atoms with Gasteiger partial charge in [-0.05, 0) is 6.07 Å². The SMILES string of the molecule is O=C1COc2cc(NS(=O)(=O)c3cn[nH]c3)c(Cl)cc2N1. The summed E-state index contributed by atoms with van der Waals surface area (Å²) in [6.45, 7) is -0.136. The van der Waals surface area contributed by atoms with Gasteiger partial charge in [-0.3, -0.25) is 14.6 Å². The predicted molar refractivity (Wildman–Crippen MR) is 75.0 cm³/mol. The third kappa shape index (κ3) is 2.65. The van der Waals surface area contributed by atoms with Crippen LogP contribution in [0.2, 0.25) is 5.02 Å². The molecule has 8 nitrogen and oxygen atoms in total. The van der Waals surface area contributed by atoms with Crippen molar-refractivity contribution in [3.8, 4) is 5.75 Å². The van der Waals surface area contributed by atoms with Crippen LogP contribution in [0.4, 0.5) is 11.4 Å². The Morgan fingerprint density at radius 3 is 2.90 bits per heavy atom. The first-order valence-electron chi connectivity index (χ1n) is 5.73. The molecule has 21 heavy (non-hydrogen) atoms. The molecule has 1 amide bonds. The number of sulfonamides is 1. The highest BCUT2D eigenvalue weighted by atomic mass is 35.5. The number of nitrogens with zero attached hydrogens (tertiary/aromatic N) is 1. The number of rotatable bonds is 3. The number of carbonyl (C=O) groups excluding carboxylic acids is 1. The van der Waals surface area contributed by atoms with E-state index in [4.69, 9.17) is 16.3 Å². The van der Waals surface area contributed by atoms with Gasteiger partial charge < -0.3 is 10.1 Å². The van der Waals surface area contributed by atoms with E-state index in [2.05, 4.69) is 20.2 Å². The highest BCUT2D eigenvalue weighted by Gasteiger charge is 2.21. The Morgan fingerprint density at radius 1 is 1.38 bits per heavy atom. The first kappa shape index (κ1) is 13.7. The molecule has 0 unspecified atom stereocenters. The Balaban J connectivity index is 1.95. The fourth-order valence-electron chi connectivity index (χ4n) is 1.77. The van der Waals surface area contributed by atoms with E-state index in [9.17, 15) is 13.2 Å². The molecular formula is C11H9ClN4O4S. The number of ether oxygens (including phenoxy) is 1. The van der Waals surface area contributed by atoms with Crippen LogP contribution in [-0.4, -0.2) is 31.1 Å². The van der Waals surface area contributed by atoms with Gasteiger partial charge in [-0.1, -0.05) is 11.6 Å². The van der Waals surface area contributed by atoms with Gasteiger partial charge in [0.25, 0.3) is 15.9 Å². The molecule has 0 radical (unpaired) electrons. The Labute approximate surface area is 124 Å². The molecule has 0 atom stereocenters. The molecule has 10 heteroatoms. The van der Waals surface area contributed by atoms with Gasteiger partial charge in [-0.25, -0.2) is 8.42 Å². The first-order valence-corrected chi connectivity index (χ1v) is 7.59. The highest BCUT2D eigenvalue weighted by molar-refractivity contribution is 7.92. The summed E-state index contributed by atoms with van der Waals surface area (Å²) in [6, 6.07) is 2.83. The molecule has 1 aromatic heterocycles. The van der Waals surface area contributed by atoms with E-state index in [-0.39, 0.29) is 28.1 Å². The number of fused-ring (bicyclic) bond motifs is 1. The average Bonchev–Trinajstić information content (AvgIpc) is 2.94. The number of aromatic amines is 1.